The number of likely N-dealkylation sites (tertiary alicyclic amines) is 1. The van der Waals surface area contributed by atoms with E-state index in [1.54, 1.807) is 0 Å². The Morgan fingerprint density at radius 2 is 1.88 bits per heavy atom. The molecule has 0 radical (unpaired) electrons. The second kappa shape index (κ2) is 7.21. The number of nitrogens with one attached hydrogen (secondary N) is 1. The topological polar surface area (TPSA) is 75.4 Å². The first-order valence-corrected chi connectivity index (χ1v) is 6.33. The molecule has 0 aromatic heterocycles. The number of carbonyl (C=O) groups is 2. The lowest BCUT2D eigenvalue weighted by Crippen LogP contribution is -2.38. The number of rotatable bonds is 5. The monoisotopic (exact) mass is 257 g/mol. The van der Waals surface area contributed by atoms with Gasteiger partial charge in [-0.15, -0.1) is 0 Å². The molecule has 0 bridgehead atoms. The zero-order valence-electron chi connectivity index (χ0n) is 9.91. The smallest absolute Gasteiger partial charge is 0.226 e. The fourth-order valence-corrected chi connectivity index (χ4v) is 1.96. The molecule has 1 fully saturated rings. The number of thiocarbonyl (C=S) groups is 1. The van der Waals surface area contributed by atoms with E-state index in [-0.39, 0.29) is 23.2 Å². The van der Waals surface area contributed by atoms with Gasteiger partial charge in [0, 0.05) is 26.1 Å². The van der Waals surface area contributed by atoms with Crippen LogP contribution in [-0.4, -0.2) is 41.3 Å². The van der Waals surface area contributed by atoms with Gasteiger partial charge in [0.25, 0.3) is 0 Å². The molecular formula is C11H19N3O2S. The molecule has 3 N–H and O–H groups in total. The van der Waals surface area contributed by atoms with Crippen LogP contribution in [0.15, 0.2) is 0 Å². The fraction of sp³-hybridized carbons (Fsp3) is 0.727. The molecule has 2 amide bonds. The number of hydrogen-bond acceptors (Lipinski definition) is 3. The van der Waals surface area contributed by atoms with Crippen molar-refractivity contribution in [3.63, 3.8) is 0 Å². The number of nitrogens with two attached hydrogens (primary N) is 1. The van der Waals surface area contributed by atoms with Gasteiger partial charge in [-0.3, -0.25) is 9.59 Å². The van der Waals surface area contributed by atoms with Crippen molar-refractivity contribution in [1.82, 2.24) is 10.2 Å². The molecule has 0 aliphatic carbocycles. The molecule has 1 aliphatic heterocycles. The van der Waals surface area contributed by atoms with Crippen LogP contribution in [0, 0.1) is 0 Å². The molecule has 0 unspecified atom stereocenters. The standard InChI is InChI=1S/C11H19N3O2S/c12-9(17)8-10(15)13-5-4-11(16)14-6-2-1-3-7-14/h1-8H2,(H2,12,17)(H,13,15). The van der Waals surface area contributed by atoms with Gasteiger partial charge in [0.1, 0.15) is 0 Å². The molecule has 1 heterocycles. The van der Waals surface area contributed by atoms with Gasteiger partial charge in [0.2, 0.25) is 11.8 Å². The zero-order valence-corrected chi connectivity index (χ0v) is 10.7. The van der Waals surface area contributed by atoms with Crippen molar-refractivity contribution in [3.05, 3.63) is 0 Å². The van der Waals surface area contributed by atoms with Gasteiger partial charge < -0.3 is 16.0 Å². The van der Waals surface area contributed by atoms with E-state index < -0.39 is 0 Å². The normalized spacial score (nSPS) is 15.4. The van der Waals surface area contributed by atoms with Gasteiger partial charge in [-0.1, -0.05) is 12.2 Å². The number of piperidine rings is 1. The summed E-state index contributed by atoms with van der Waals surface area (Å²) in [5.41, 5.74) is 5.24. The first-order valence-electron chi connectivity index (χ1n) is 5.92. The SMILES string of the molecule is NC(=S)CC(=O)NCCC(=O)N1CCCCC1. The Labute approximate surface area is 107 Å². The number of nitrogens with zero attached hydrogens (tertiary/aromatic N) is 1. The summed E-state index contributed by atoms with van der Waals surface area (Å²) >= 11 is 4.62. The minimum Gasteiger partial charge on any atom is -0.393 e. The molecule has 96 valence electrons. The largest absolute Gasteiger partial charge is 0.393 e. The Morgan fingerprint density at radius 1 is 1.24 bits per heavy atom. The Morgan fingerprint density at radius 3 is 2.47 bits per heavy atom. The van der Waals surface area contributed by atoms with Crippen LogP contribution in [0.1, 0.15) is 32.1 Å². The quantitative estimate of drug-likeness (QED) is 0.689. The number of hydrogen-bond donors (Lipinski definition) is 2. The summed E-state index contributed by atoms with van der Waals surface area (Å²) in [5.74, 6) is -0.107. The summed E-state index contributed by atoms with van der Waals surface area (Å²) in [4.78, 5) is 25.0. The molecule has 0 aromatic rings. The molecule has 1 saturated heterocycles. The zero-order chi connectivity index (χ0) is 12.7. The van der Waals surface area contributed by atoms with E-state index in [1.807, 2.05) is 4.90 Å². The summed E-state index contributed by atoms with van der Waals surface area (Å²) in [6.07, 6.45) is 3.77. The number of carbonyl (C=O) groups excluding carboxylic acids is 2. The van der Waals surface area contributed by atoms with Gasteiger partial charge in [0.15, 0.2) is 0 Å². The highest BCUT2D eigenvalue weighted by atomic mass is 32.1. The summed E-state index contributed by atoms with van der Waals surface area (Å²) < 4.78 is 0. The highest BCUT2D eigenvalue weighted by molar-refractivity contribution is 7.80. The van der Waals surface area contributed by atoms with Gasteiger partial charge in [-0.25, -0.2) is 0 Å². The van der Waals surface area contributed by atoms with Crippen LogP contribution in [0.2, 0.25) is 0 Å². The third kappa shape index (κ3) is 5.63. The molecule has 0 spiro atoms. The van der Waals surface area contributed by atoms with Crippen molar-refractivity contribution in [1.29, 1.82) is 0 Å². The second-order valence-corrected chi connectivity index (χ2v) is 4.71. The van der Waals surface area contributed by atoms with Crippen molar-refractivity contribution < 1.29 is 9.59 Å². The van der Waals surface area contributed by atoms with E-state index in [9.17, 15) is 9.59 Å². The average molecular weight is 257 g/mol. The second-order valence-electron chi connectivity index (χ2n) is 4.18. The predicted molar refractivity (Wildman–Crippen MR) is 69.5 cm³/mol. The maximum Gasteiger partial charge on any atom is 0.226 e. The van der Waals surface area contributed by atoms with E-state index in [4.69, 9.17) is 5.73 Å². The maximum absolute atomic E-state index is 11.7. The Kier molecular flexibility index (Phi) is 5.90. The highest BCUT2D eigenvalue weighted by Crippen LogP contribution is 2.09. The Balaban J connectivity index is 2.15. The van der Waals surface area contributed by atoms with Crippen LogP contribution in [0.5, 0.6) is 0 Å². The molecular weight excluding hydrogens is 238 g/mol. The van der Waals surface area contributed by atoms with E-state index in [1.165, 1.54) is 6.42 Å². The van der Waals surface area contributed by atoms with Crippen LogP contribution >= 0.6 is 12.2 Å². The van der Waals surface area contributed by atoms with Crippen LogP contribution in [-0.2, 0) is 9.59 Å². The van der Waals surface area contributed by atoms with Gasteiger partial charge in [-0.05, 0) is 19.3 Å². The first-order chi connectivity index (χ1) is 8.09. The summed E-state index contributed by atoms with van der Waals surface area (Å²) in [7, 11) is 0. The van der Waals surface area contributed by atoms with Crippen LogP contribution in [0.3, 0.4) is 0 Å². The van der Waals surface area contributed by atoms with Crippen LogP contribution < -0.4 is 11.1 Å². The van der Waals surface area contributed by atoms with Crippen molar-refractivity contribution in [3.8, 4) is 0 Å². The number of amides is 2. The van der Waals surface area contributed by atoms with Crippen molar-refractivity contribution in [2.75, 3.05) is 19.6 Å². The molecule has 5 nitrogen and oxygen atoms in total. The third-order valence-corrected chi connectivity index (χ3v) is 2.85. The lowest BCUT2D eigenvalue weighted by molar-refractivity contribution is -0.132. The van der Waals surface area contributed by atoms with Gasteiger partial charge in [0.05, 0.1) is 11.4 Å². The average Bonchev–Trinajstić information content (AvgIpc) is 2.29. The van der Waals surface area contributed by atoms with E-state index >= 15 is 0 Å². The minimum atomic E-state index is -0.219. The van der Waals surface area contributed by atoms with Crippen molar-refractivity contribution in [2.24, 2.45) is 5.73 Å². The molecule has 6 heteroatoms. The van der Waals surface area contributed by atoms with Crippen LogP contribution in [0.25, 0.3) is 0 Å². The first kappa shape index (κ1) is 13.9. The molecule has 17 heavy (non-hydrogen) atoms. The summed E-state index contributed by atoms with van der Waals surface area (Å²) in [6.45, 7) is 2.05. The molecule has 0 atom stereocenters. The lowest BCUT2D eigenvalue weighted by atomic mass is 10.1. The molecule has 0 saturated carbocycles. The van der Waals surface area contributed by atoms with Crippen molar-refractivity contribution >= 4 is 29.0 Å². The Hall–Kier alpha value is -1.17. The van der Waals surface area contributed by atoms with E-state index in [0.717, 1.165) is 25.9 Å². The van der Waals surface area contributed by atoms with Crippen molar-refractivity contribution in [2.45, 2.75) is 32.1 Å². The highest BCUT2D eigenvalue weighted by Gasteiger charge is 2.15. The minimum absolute atomic E-state index is 0.0488. The Bertz CT molecular complexity index is 301. The van der Waals surface area contributed by atoms with Gasteiger partial charge >= 0.3 is 0 Å². The third-order valence-electron chi connectivity index (χ3n) is 2.70. The van der Waals surface area contributed by atoms with E-state index in [2.05, 4.69) is 17.5 Å². The molecule has 1 rings (SSSR count). The molecule has 1 aliphatic rings. The lowest BCUT2D eigenvalue weighted by Gasteiger charge is -2.26. The predicted octanol–water partition coefficient (Wildman–Crippen LogP) is 0.181. The van der Waals surface area contributed by atoms with Gasteiger partial charge in [-0.2, -0.15) is 0 Å². The van der Waals surface area contributed by atoms with E-state index in [0.29, 0.717) is 13.0 Å². The fourth-order valence-electron chi connectivity index (χ4n) is 1.83. The molecule has 0 aromatic carbocycles. The maximum atomic E-state index is 11.7. The summed E-state index contributed by atoms with van der Waals surface area (Å²) in [6, 6.07) is 0. The summed E-state index contributed by atoms with van der Waals surface area (Å²) in [5, 5.41) is 2.63. The van der Waals surface area contributed by atoms with Crippen LogP contribution in [0.4, 0.5) is 0 Å².